The van der Waals surface area contributed by atoms with E-state index >= 15 is 0 Å². The predicted molar refractivity (Wildman–Crippen MR) is 64.8 cm³/mol. The Morgan fingerprint density at radius 2 is 1.60 bits per heavy atom. The van der Waals surface area contributed by atoms with Crippen LogP contribution < -0.4 is 5.32 Å². The Morgan fingerprint density at radius 3 is 1.87 bits per heavy atom. The monoisotopic (exact) mass is 213 g/mol. The van der Waals surface area contributed by atoms with Crippen LogP contribution in [0.2, 0.25) is 0 Å². The second kappa shape index (κ2) is 3.46. The van der Waals surface area contributed by atoms with E-state index in [1.807, 2.05) is 20.8 Å². The minimum absolute atomic E-state index is 0.143. The van der Waals surface area contributed by atoms with Crippen LogP contribution in [0.25, 0.3) is 0 Å². The molecule has 2 N–H and O–H groups in total. The molecular formula is C13H27NO. The molecule has 1 unspecified atom stereocenters. The molecule has 0 spiro atoms. The first-order chi connectivity index (χ1) is 6.51. The molecule has 2 heteroatoms. The van der Waals surface area contributed by atoms with Crippen LogP contribution in [0.15, 0.2) is 0 Å². The zero-order valence-electron chi connectivity index (χ0n) is 11.3. The molecule has 2 nitrogen and oxygen atoms in total. The van der Waals surface area contributed by atoms with Crippen molar-refractivity contribution < 1.29 is 5.11 Å². The molecule has 0 aromatic heterocycles. The van der Waals surface area contributed by atoms with Crippen molar-refractivity contribution in [3.05, 3.63) is 0 Å². The fourth-order valence-corrected chi connectivity index (χ4v) is 2.39. The maximum absolute atomic E-state index is 9.82. The Morgan fingerprint density at radius 1 is 1.20 bits per heavy atom. The normalized spacial score (nSPS) is 26.4. The molecule has 0 aromatic carbocycles. The van der Waals surface area contributed by atoms with Crippen molar-refractivity contribution in [2.24, 2.45) is 16.7 Å². The quantitative estimate of drug-likeness (QED) is 0.751. The molecule has 0 bridgehead atoms. The van der Waals surface area contributed by atoms with E-state index < -0.39 is 5.60 Å². The van der Waals surface area contributed by atoms with Crippen molar-refractivity contribution in [2.75, 3.05) is 6.54 Å². The van der Waals surface area contributed by atoms with Crippen LogP contribution in [0.3, 0.4) is 0 Å². The lowest BCUT2D eigenvalue weighted by molar-refractivity contribution is 0.0435. The molecule has 0 radical (unpaired) electrons. The summed E-state index contributed by atoms with van der Waals surface area (Å²) in [7, 11) is 0. The van der Waals surface area contributed by atoms with Gasteiger partial charge in [0.1, 0.15) is 0 Å². The summed E-state index contributed by atoms with van der Waals surface area (Å²) >= 11 is 0. The van der Waals surface area contributed by atoms with Crippen LogP contribution in [0.5, 0.6) is 0 Å². The molecule has 0 aromatic rings. The Kier molecular flexibility index (Phi) is 2.99. The van der Waals surface area contributed by atoms with Crippen molar-refractivity contribution in [3.63, 3.8) is 0 Å². The first-order valence-corrected chi connectivity index (χ1v) is 5.97. The third kappa shape index (κ3) is 2.21. The summed E-state index contributed by atoms with van der Waals surface area (Å²) in [6, 6.07) is 0.143. The van der Waals surface area contributed by atoms with Gasteiger partial charge in [0.05, 0.1) is 5.60 Å². The zero-order chi connectivity index (χ0) is 12.1. The van der Waals surface area contributed by atoms with Crippen molar-refractivity contribution in [1.29, 1.82) is 0 Å². The van der Waals surface area contributed by atoms with Gasteiger partial charge in [-0.15, -0.1) is 0 Å². The Bertz CT molecular complexity index is 223. The van der Waals surface area contributed by atoms with E-state index in [1.54, 1.807) is 0 Å². The number of rotatable bonds is 4. The minimum Gasteiger partial charge on any atom is -0.389 e. The summed E-state index contributed by atoms with van der Waals surface area (Å²) in [4.78, 5) is 0. The first kappa shape index (κ1) is 13.0. The van der Waals surface area contributed by atoms with E-state index in [1.165, 1.54) is 0 Å². The Labute approximate surface area is 94.5 Å². The van der Waals surface area contributed by atoms with Crippen LogP contribution in [0.4, 0.5) is 0 Å². The molecule has 1 saturated carbocycles. The third-order valence-electron chi connectivity index (χ3n) is 5.01. The molecule has 15 heavy (non-hydrogen) atoms. The van der Waals surface area contributed by atoms with Crippen LogP contribution in [-0.4, -0.2) is 23.3 Å². The maximum Gasteiger partial charge on any atom is 0.0741 e. The van der Waals surface area contributed by atoms with Crippen LogP contribution in [0.1, 0.15) is 48.5 Å². The van der Waals surface area contributed by atoms with E-state index in [0.717, 1.165) is 12.5 Å². The highest BCUT2D eigenvalue weighted by molar-refractivity contribution is 5.13. The van der Waals surface area contributed by atoms with E-state index in [-0.39, 0.29) is 6.04 Å². The molecule has 0 amide bonds. The lowest BCUT2D eigenvalue weighted by Crippen LogP contribution is -2.45. The molecule has 0 aliphatic heterocycles. The van der Waals surface area contributed by atoms with Gasteiger partial charge in [-0.2, -0.15) is 0 Å². The first-order valence-electron chi connectivity index (χ1n) is 5.97. The van der Waals surface area contributed by atoms with Crippen molar-refractivity contribution >= 4 is 0 Å². The average molecular weight is 213 g/mol. The van der Waals surface area contributed by atoms with Gasteiger partial charge >= 0.3 is 0 Å². The average Bonchev–Trinajstić information content (AvgIpc) is 2.38. The van der Waals surface area contributed by atoms with Gasteiger partial charge in [-0.3, -0.25) is 0 Å². The summed E-state index contributed by atoms with van der Waals surface area (Å²) in [5.74, 6) is 0.717. The van der Waals surface area contributed by atoms with Crippen molar-refractivity contribution in [2.45, 2.75) is 60.1 Å². The predicted octanol–water partition coefficient (Wildman–Crippen LogP) is 2.42. The largest absolute Gasteiger partial charge is 0.389 e. The van der Waals surface area contributed by atoms with E-state index in [2.05, 4.69) is 33.0 Å². The van der Waals surface area contributed by atoms with Gasteiger partial charge in [0, 0.05) is 6.04 Å². The van der Waals surface area contributed by atoms with E-state index in [0.29, 0.717) is 10.8 Å². The zero-order valence-corrected chi connectivity index (χ0v) is 11.3. The number of nitrogens with one attached hydrogen (secondary N) is 1. The van der Waals surface area contributed by atoms with E-state index in [9.17, 15) is 5.11 Å². The van der Waals surface area contributed by atoms with E-state index in [4.69, 9.17) is 0 Å². The minimum atomic E-state index is -0.636. The number of hydrogen-bond donors (Lipinski definition) is 2. The topological polar surface area (TPSA) is 32.3 Å². The van der Waals surface area contributed by atoms with Gasteiger partial charge in [0.25, 0.3) is 0 Å². The highest BCUT2D eigenvalue weighted by Gasteiger charge is 2.63. The Hall–Kier alpha value is -0.0800. The van der Waals surface area contributed by atoms with Gasteiger partial charge in [-0.25, -0.2) is 0 Å². The molecule has 1 fully saturated rings. The molecule has 90 valence electrons. The molecule has 1 aliphatic rings. The lowest BCUT2D eigenvalue weighted by atomic mass is 10.0. The lowest BCUT2D eigenvalue weighted by Gasteiger charge is -2.27. The standard InChI is InChI=1S/C13H27NO/c1-9(13(6,7)15)14-8-10-11(2,3)12(10,4)5/h9-10,14-15H,8H2,1-7H3. The summed E-state index contributed by atoms with van der Waals surface area (Å²) < 4.78 is 0. The SMILES string of the molecule is CC(NCC1C(C)(C)C1(C)C)C(C)(C)O. The molecule has 1 aliphatic carbocycles. The maximum atomic E-state index is 9.82. The summed E-state index contributed by atoms with van der Waals surface area (Å²) in [6.45, 7) is 16.1. The highest BCUT2D eigenvalue weighted by Crippen LogP contribution is 2.67. The molecular weight excluding hydrogens is 186 g/mol. The van der Waals surface area contributed by atoms with Crippen LogP contribution in [0, 0.1) is 16.7 Å². The number of hydrogen-bond acceptors (Lipinski definition) is 2. The van der Waals surface area contributed by atoms with Crippen LogP contribution in [-0.2, 0) is 0 Å². The van der Waals surface area contributed by atoms with Gasteiger partial charge in [-0.05, 0) is 44.1 Å². The highest BCUT2D eigenvalue weighted by atomic mass is 16.3. The fourth-order valence-electron chi connectivity index (χ4n) is 2.39. The second-order valence-electron chi connectivity index (χ2n) is 6.78. The van der Waals surface area contributed by atoms with Gasteiger partial charge in [0.2, 0.25) is 0 Å². The third-order valence-corrected chi connectivity index (χ3v) is 5.01. The molecule has 1 rings (SSSR count). The molecule has 0 heterocycles. The van der Waals surface area contributed by atoms with Gasteiger partial charge < -0.3 is 10.4 Å². The summed E-state index contributed by atoms with van der Waals surface area (Å²) in [5.41, 5.74) is 0.224. The Balaban J connectivity index is 2.42. The van der Waals surface area contributed by atoms with Crippen molar-refractivity contribution in [1.82, 2.24) is 5.32 Å². The fraction of sp³-hybridized carbons (Fsp3) is 1.00. The summed E-state index contributed by atoms with van der Waals surface area (Å²) in [6.07, 6.45) is 0. The number of aliphatic hydroxyl groups is 1. The van der Waals surface area contributed by atoms with Crippen LogP contribution >= 0.6 is 0 Å². The van der Waals surface area contributed by atoms with Crippen molar-refractivity contribution in [3.8, 4) is 0 Å². The second-order valence-corrected chi connectivity index (χ2v) is 6.78. The summed E-state index contributed by atoms with van der Waals surface area (Å²) in [5, 5.41) is 13.3. The van der Waals surface area contributed by atoms with Gasteiger partial charge in [-0.1, -0.05) is 27.7 Å². The van der Waals surface area contributed by atoms with Gasteiger partial charge in [0.15, 0.2) is 0 Å². The molecule has 1 atom stereocenters. The smallest absolute Gasteiger partial charge is 0.0741 e. The molecule has 0 saturated heterocycles.